The van der Waals surface area contributed by atoms with Crippen LogP contribution in [0, 0.1) is 40.4 Å². The maximum Gasteiger partial charge on any atom is 0.376 e. The standard InChI is InChI=1S/C27H38F2O5/c1-2-27(28,29)23(31)32-15-24-7-20-6-21(8-24)10-25(9-20,14-24)22(30)33-16-34-26-11-17-3-18(12-26)5-19(4-17)13-26/h17-21H,2-16H2,1H3. The highest BCUT2D eigenvalue weighted by Gasteiger charge is 2.62. The van der Waals surface area contributed by atoms with E-state index in [2.05, 4.69) is 0 Å². The minimum Gasteiger partial charge on any atom is -0.461 e. The molecule has 2 unspecified atom stereocenters. The van der Waals surface area contributed by atoms with Crippen LogP contribution in [0.15, 0.2) is 0 Å². The van der Waals surface area contributed by atoms with E-state index in [0.29, 0.717) is 18.3 Å². The summed E-state index contributed by atoms with van der Waals surface area (Å²) in [6, 6.07) is 0. The fourth-order valence-corrected chi connectivity index (χ4v) is 9.90. The Labute approximate surface area is 200 Å². The molecule has 2 atom stereocenters. The fraction of sp³-hybridized carbons (Fsp3) is 0.926. The van der Waals surface area contributed by atoms with Gasteiger partial charge in [0.25, 0.3) is 0 Å². The molecular weight excluding hydrogens is 442 g/mol. The van der Waals surface area contributed by atoms with Crippen molar-refractivity contribution in [3.63, 3.8) is 0 Å². The number of hydrogen-bond acceptors (Lipinski definition) is 5. The summed E-state index contributed by atoms with van der Waals surface area (Å²) in [6.45, 7) is 1.28. The molecule has 5 nitrogen and oxygen atoms in total. The van der Waals surface area contributed by atoms with Crippen LogP contribution in [0.4, 0.5) is 8.78 Å². The minimum absolute atomic E-state index is 0.0206. The van der Waals surface area contributed by atoms with Crippen LogP contribution < -0.4 is 0 Å². The van der Waals surface area contributed by atoms with Crippen molar-refractivity contribution in [3.05, 3.63) is 0 Å². The van der Waals surface area contributed by atoms with E-state index >= 15 is 0 Å². The average Bonchev–Trinajstić information content (AvgIpc) is 2.75. The van der Waals surface area contributed by atoms with E-state index in [9.17, 15) is 18.4 Å². The quantitative estimate of drug-likeness (QED) is 0.332. The van der Waals surface area contributed by atoms with Gasteiger partial charge in [-0.3, -0.25) is 4.79 Å². The zero-order chi connectivity index (χ0) is 23.8. The van der Waals surface area contributed by atoms with Gasteiger partial charge in [-0.25, -0.2) is 4.79 Å². The van der Waals surface area contributed by atoms with Gasteiger partial charge in [-0.15, -0.1) is 0 Å². The van der Waals surface area contributed by atoms with Crippen molar-refractivity contribution in [2.45, 2.75) is 102 Å². The lowest BCUT2D eigenvalue weighted by molar-refractivity contribution is -0.226. The van der Waals surface area contributed by atoms with Gasteiger partial charge in [0.15, 0.2) is 6.79 Å². The number of ether oxygens (including phenoxy) is 3. The molecule has 0 saturated heterocycles. The summed E-state index contributed by atoms with van der Waals surface area (Å²) in [5.41, 5.74) is -1.08. The lowest BCUT2D eigenvalue weighted by atomic mass is 9.44. The molecule has 8 aliphatic rings. The smallest absolute Gasteiger partial charge is 0.376 e. The van der Waals surface area contributed by atoms with Crippen LogP contribution >= 0.6 is 0 Å². The first-order valence-corrected chi connectivity index (χ1v) is 13.5. The predicted molar refractivity (Wildman–Crippen MR) is 119 cm³/mol. The molecule has 8 fully saturated rings. The van der Waals surface area contributed by atoms with Crippen molar-refractivity contribution in [1.82, 2.24) is 0 Å². The van der Waals surface area contributed by atoms with E-state index < -0.39 is 23.7 Å². The van der Waals surface area contributed by atoms with Crippen molar-refractivity contribution in [2.75, 3.05) is 13.4 Å². The Balaban J connectivity index is 1.09. The second-order valence-corrected chi connectivity index (χ2v) is 13.2. The number of hydrogen-bond donors (Lipinski definition) is 0. The van der Waals surface area contributed by atoms with Gasteiger partial charge in [-0.2, -0.15) is 8.78 Å². The van der Waals surface area contributed by atoms with Crippen LogP contribution in [0.3, 0.4) is 0 Å². The fourth-order valence-electron chi connectivity index (χ4n) is 9.90. The van der Waals surface area contributed by atoms with Gasteiger partial charge in [-0.05, 0) is 107 Å². The Morgan fingerprint density at radius 3 is 1.94 bits per heavy atom. The number of alkyl halides is 2. The van der Waals surface area contributed by atoms with Crippen LogP contribution in [0.2, 0.25) is 0 Å². The molecule has 8 aliphatic carbocycles. The molecule has 0 amide bonds. The largest absolute Gasteiger partial charge is 0.461 e. The van der Waals surface area contributed by atoms with Gasteiger partial charge in [0.2, 0.25) is 0 Å². The molecule has 0 N–H and O–H groups in total. The van der Waals surface area contributed by atoms with Gasteiger partial charge in [0, 0.05) is 11.8 Å². The molecule has 0 aromatic rings. The molecule has 8 saturated carbocycles. The predicted octanol–water partition coefficient (Wildman–Crippen LogP) is 5.65. The summed E-state index contributed by atoms with van der Waals surface area (Å²) in [4.78, 5) is 25.4. The second-order valence-electron chi connectivity index (χ2n) is 13.2. The highest BCUT2D eigenvalue weighted by atomic mass is 19.3. The monoisotopic (exact) mass is 480 g/mol. The van der Waals surface area contributed by atoms with E-state index in [1.807, 2.05) is 0 Å². The number of halogens is 2. The van der Waals surface area contributed by atoms with E-state index in [0.717, 1.165) is 69.1 Å². The maximum atomic E-state index is 13.8. The Morgan fingerprint density at radius 1 is 0.824 bits per heavy atom. The number of carbonyl (C=O) groups excluding carboxylic acids is 2. The Morgan fingerprint density at radius 2 is 1.38 bits per heavy atom. The molecule has 0 heterocycles. The average molecular weight is 481 g/mol. The zero-order valence-electron chi connectivity index (χ0n) is 20.3. The molecule has 34 heavy (non-hydrogen) atoms. The molecule has 0 spiro atoms. The minimum atomic E-state index is -3.45. The highest BCUT2D eigenvalue weighted by Crippen LogP contribution is 2.66. The molecule has 0 radical (unpaired) electrons. The summed E-state index contributed by atoms with van der Waals surface area (Å²) in [7, 11) is 0. The first-order chi connectivity index (χ1) is 16.1. The van der Waals surface area contributed by atoms with Crippen molar-refractivity contribution in [3.8, 4) is 0 Å². The maximum absolute atomic E-state index is 13.8. The van der Waals surface area contributed by atoms with E-state index in [1.54, 1.807) is 0 Å². The third-order valence-electron chi connectivity index (χ3n) is 10.4. The zero-order valence-corrected chi connectivity index (χ0v) is 20.3. The van der Waals surface area contributed by atoms with Crippen molar-refractivity contribution >= 4 is 11.9 Å². The van der Waals surface area contributed by atoms with Crippen LogP contribution in [0.5, 0.6) is 0 Å². The summed E-state index contributed by atoms with van der Waals surface area (Å²) in [5, 5.41) is 0. The second kappa shape index (κ2) is 7.88. The van der Waals surface area contributed by atoms with Gasteiger partial charge >= 0.3 is 17.9 Å². The van der Waals surface area contributed by atoms with Gasteiger partial charge in [-0.1, -0.05) is 6.92 Å². The summed E-state index contributed by atoms with van der Waals surface area (Å²) in [6.07, 6.45) is 11.6. The van der Waals surface area contributed by atoms with E-state index in [-0.39, 0.29) is 30.4 Å². The number of rotatable bonds is 8. The molecule has 0 aromatic carbocycles. The van der Waals surface area contributed by atoms with E-state index in [4.69, 9.17) is 14.2 Å². The van der Waals surface area contributed by atoms with Crippen molar-refractivity contribution in [2.24, 2.45) is 40.4 Å². The van der Waals surface area contributed by atoms with Crippen molar-refractivity contribution in [1.29, 1.82) is 0 Å². The Kier molecular flexibility index (Phi) is 5.37. The lowest BCUT2D eigenvalue weighted by Crippen LogP contribution is -2.57. The number of esters is 2. The first-order valence-electron chi connectivity index (χ1n) is 13.5. The molecule has 8 bridgehead atoms. The number of carbonyl (C=O) groups is 2. The third-order valence-corrected chi connectivity index (χ3v) is 10.4. The highest BCUT2D eigenvalue weighted by molar-refractivity contribution is 5.78. The molecule has 8 rings (SSSR count). The van der Waals surface area contributed by atoms with Crippen LogP contribution in [-0.2, 0) is 23.8 Å². The Bertz CT molecular complexity index is 805. The molecular formula is C27H38F2O5. The molecule has 0 aliphatic heterocycles. The van der Waals surface area contributed by atoms with Gasteiger partial charge in [0.1, 0.15) is 0 Å². The summed E-state index contributed by atoms with van der Waals surface area (Å²) >= 11 is 0. The van der Waals surface area contributed by atoms with Crippen LogP contribution in [0.1, 0.15) is 90.4 Å². The lowest BCUT2D eigenvalue weighted by Gasteiger charge is -2.60. The topological polar surface area (TPSA) is 61.8 Å². The summed E-state index contributed by atoms with van der Waals surface area (Å²) in [5.74, 6) is -2.04. The summed E-state index contributed by atoms with van der Waals surface area (Å²) < 4.78 is 44.8. The van der Waals surface area contributed by atoms with Crippen LogP contribution in [0.25, 0.3) is 0 Å². The van der Waals surface area contributed by atoms with E-state index in [1.165, 1.54) is 26.2 Å². The normalized spacial score (nSPS) is 46.0. The van der Waals surface area contributed by atoms with Gasteiger partial charge in [0.05, 0.1) is 17.6 Å². The molecule has 190 valence electrons. The Hall–Kier alpha value is -1.24. The van der Waals surface area contributed by atoms with Gasteiger partial charge < -0.3 is 14.2 Å². The first kappa shape index (κ1) is 23.2. The van der Waals surface area contributed by atoms with Crippen LogP contribution in [-0.4, -0.2) is 36.9 Å². The molecule has 0 aromatic heterocycles. The SMILES string of the molecule is CCC(F)(F)C(=O)OCC12CC3CC(C1)CC(C(=O)OCOC14CC5CC(CC(C5)C1)C4)(C3)C2. The molecule has 7 heteroatoms. The van der Waals surface area contributed by atoms with Crippen molar-refractivity contribution < 1.29 is 32.6 Å². The third kappa shape index (κ3) is 3.88.